The lowest BCUT2D eigenvalue weighted by Crippen LogP contribution is -2.11. The number of carbonyl (C=O) groups excluding carboxylic acids is 1. The van der Waals surface area contributed by atoms with Gasteiger partial charge in [-0.1, -0.05) is 12.1 Å². The van der Waals surface area contributed by atoms with Crippen LogP contribution in [0.3, 0.4) is 0 Å². The Hall–Kier alpha value is -4.12. The first kappa shape index (κ1) is 21.6. The fraction of sp³-hybridized carbons (Fsp3) is 0.217. The lowest BCUT2D eigenvalue weighted by atomic mass is 10.1. The molecule has 8 nitrogen and oxygen atoms in total. The molecular weight excluding hydrogens is 396 g/mol. The Bertz CT molecular complexity index is 1110. The summed E-state index contributed by atoms with van der Waals surface area (Å²) in [5.74, 6) is 0.359. The van der Waals surface area contributed by atoms with E-state index >= 15 is 0 Å². The first-order valence-electron chi connectivity index (χ1n) is 9.49. The standard InChI is InChI=1S/C23H22N4O4/c1-15(21-25-26-22(31-21)17-7-11-20(29-4)12-8-17)30-23(28)18(14-24)13-16-5-9-19(10-6-16)27(2)3/h5-13,15H,1-4H3/b18-13+/t15-/m1/s1. The number of nitriles is 1. The van der Waals surface area contributed by atoms with Gasteiger partial charge < -0.3 is 18.8 Å². The summed E-state index contributed by atoms with van der Waals surface area (Å²) in [6.45, 7) is 1.60. The van der Waals surface area contributed by atoms with Gasteiger partial charge in [-0.25, -0.2) is 4.79 Å². The molecule has 1 heterocycles. The molecule has 0 amide bonds. The molecular formula is C23H22N4O4. The molecule has 0 aliphatic heterocycles. The Kier molecular flexibility index (Phi) is 6.67. The third-order valence-electron chi connectivity index (χ3n) is 4.47. The van der Waals surface area contributed by atoms with Crippen molar-refractivity contribution in [1.82, 2.24) is 10.2 Å². The van der Waals surface area contributed by atoms with Crippen LogP contribution in [0.1, 0.15) is 24.5 Å². The number of esters is 1. The molecule has 8 heteroatoms. The van der Waals surface area contributed by atoms with Crippen LogP contribution in [0.5, 0.6) is 5.75 Å². The number of aromatic nitrogens is 2. The largest absolute Gasteiger partial charge is 0.497 e. The Balaban J connectivity index is 1.70. The van der Waals surface area contributed by atoms with Crippen molar-refractivity contribution in [1.29, 1.82) is 5.26 Å². The molecule has 0 N–H and O–H groups in total. The molecule has 0 bridgehead atoms. The topological polar surface area (TPSA) is 101 Å². The molecule has 0 unspecified atom stereocenters. The number of methoxy groups -OCH3 is 1. The second-order valence-corrected chi connectivity index (χ2v) is 6.88. The highest BCUT2D eigenvalue weighted by Crippen LogP contribution is 2.25. The summed E-state index contributed by atoms with van der Waals surface area (Å²) in [7, 11) is 5.45. The van der Waals surface area contributed by atoms with Crippen molar-refractivity contribution in [3.8, 4) is 23.3 Å². The number of benzene rings is 2. The molecule has 0 spiro atoms. The van der Waals surface area contributed by atoms with Gasteiger partial charge in [0.25, 0.3) is 5.89 Å². The number of anilines is 1. The number of ether oxygens (including phenoxy) is 2. The zero-order valence-electron chi connectivity index (χ0n) is 17.7. The maximum absolute atomic E-state index is 12.5. The maximum atomic E-state index is 12.5. The summed E-state index contributed by atoms with van der Waals surface area (Å²) >= 11 is 0. The Morgan fingerprint density at radius 3 is 2.39 bits per heavy atom. The van der Waals surface area contributed by atoms with Crippen LogP contribution in [0.15, 0.2) is 58.5 Å². The third-order valence-corrected chi connectivity index (χ3v) is 4.47. The molecule has 0 aliphatic carbocycles. The van der Waals surface area contributed by atoms with Crippen molar-refractivity contribution in [2.75, 3.05) is 26.1 Å². The summed E-state index contributed by atoms with van der Waals surface area (Å²) < 4.78 is 16.1. The SMILES string of the molecule is COc1ccc(-c2nnc([C@@H](C)OC(=O)/C(C#N)=C/c3ccc(N(C)C)cc3)o2)cc1. The molecule has 0 radical (unpaired) electrons. The van der Waals surface area contributed by atoms with E-state index in [1.54, 1.807) is 38.3 Å². The number of hydrogen-bond donors (Lipinski definition) is 0. The highest BCUT2D eigenvalue weighted by atomic mass is 16.6. The van der Waals surface area contributed by atoms with Crippen molar-refractivity contribution in [3.05, 3.63) is 65.6 Å². The van der Waals surface area contributed by atoms with Crippen molar-refractivity contribution >= 4 is 17.7 Å². The van der Waals surface area contributed by atoms with E-state index in [-0.39, 0.29) is 17.4 Å². The van der Waals surface area contributed by atoms with Crippen molar-refractivity contribution in [2.45, 2.75) is 13.0 Å². The average molecular weight is 418 g/mol. The predicted octanol–water partition coefficient (Wildman–Crippen LogP) is 4.02. The van der Waals surface area contributed by atoms with Crippen molar-refractivity contribution < 1.29 is 18.7 Å². The van der Waals surface area contributed by atoms with E-state index in [2.05, 4.69) is 10.2 Å². The van der Waals surface area contributed by atoms with E-state index in [0.717, 1.165) is 5.69 Å². The smallest absolute Gasteiger partial charge is 0.349 e. The molecule has 0 aliphatic rings. The number of hydrogen-bond acceptors (Lipinski definition) is 8. The van der Waals surface area contributed by atoms with Crippen LogP contribution in [0.25, 0.3) is 17.5 Å². The van der Waals surface area contributed by atoms with Gasteiger partial charge in [-0.2, -0.15) is 5.26 Å². The second kappa shape index (κ2) is 9.59. The molecule has 3 rings (SSSR count). The van der Waals surface area contributed by atoms with Gasteiger partial charge in [-0.15, -0.1) is 10.2 Å². The minimum Gasteiger partial charge on any atom is -0.497 e. The summed E-state index contributed by atoms with van der Waals surface area (Å²) in [5, 5.41) is 17.3. The summed E-state index contributed by atoms with van der Waals surface area (Å²) in [6.07, 6.45) is 0.658. The molecule has 3 aromatic rings. The average Bonchev–Trinajstić information content (AvgIpc) is 3.28. The lowest BCUT2D eigenvalue weighted by Gasteiger charge is -2.12. The van der Waals surface area contributed by atoms with Crippen molar-refractivity contribution in [2.24, 2.45) is 0 Å². The Labute approximate surface area is 180 Å². The zero-order valence-corrected chi connectivity index (χ0v) is 17.7. The molecule has 31 heavy (non-hydrogen) atoms. The van der Waals surface area contributed by atoms with Gasteiger partial charge in [0.05, 0.1) is 7.11 Å². The van der Waals surface area contributed by atoms with Crippen LogP contribution in [0.2, 0.25) is 0 Å². The molecule has 158 valence electrons. The van der Waals surface area contributed by atoms with E-state index in [4.69, 9.17) is 13.9 Å². The van der Waals surface area contributed by atoms with Crippen LogP contribution in [0.4, 0.5) is 5.69 Å². The minimum absolute atomic E-state index is 0.126. The normalized spacial score (nSPS) is 12.0. The highest BCUT2D eigenvalue weighted by molar-refractivity contribution is 5.98. The minimum atomic E-state index is -0.820. The van der Waals surface area contributed by atoms with Crippen LogP contribution in [-0.4, -0.2) is 37.4 Å². The maximum Gasteiger partial charge on any atom is 0.349 e. The third kappa shape index (κ3) is 5.28. The highest BCUT2D eigenvalue weighted by Gasteiger charge is 2.21. The number of carbonyl (C=O) groups is 1. The van der Waals surface area contributed by atoms with Crippen LogP contribution < -0.4 is 9.64 Å². The monoisotopic (exact) mass is 418 g/mol. The van der Waals surface area contributed by atoms with Crippen LogP contribution in [0, 0.1) is 11.3 Å². The lowest BCUT2D eigenvalue weighted by molar-refractivity contribution is -0.144. The molecule has 0 fully saturated rings. The van der Waals surface area contributed by atoms with Gasteiger partial charge in [-0.05, 0) is 55.0 Å². The van der Waals surface area contributed by atoms with Crippen molar-refractivity contribution in [3.63, 3.8) is 0 Å². The number of nitrogens with zero attached hydrogens (tertiary/aromatic N) is 4. The molecule has 1 atom stereocenters. The van der Waals surface area contributed by atoms with E-state index in [1.807, 2.05) is 49.3 Å². The van der Waals surface area contributed by atoms with Gasteiger partial charge in [0, 0.05) is 25.3 Å². The van der Waals surface area contributed by atoms with Gasteiger partial charge in [0.2, 0.25) is 5.89 Å². The van der Waals surface area contributed by atoms with Gasteiger partial charge in [0.15, 0.2) is 6.10 Å². The van der Waals surface area contributed by atoms with Gasteiger partial charge in [0.1, 0.15) is 17.4 Å². The van der Waals surface area contributed by atoms with E-state index in [1.165, 1.54) is 6.08 Å². The van der Waals surface area contributed by atoms with Gasteiger partial charge >= 0.3 is 5.97 Å². The summed E-state index contributed by atoms with van der Waals surface area (Å²) in [5.41, 5.74) is 2.30. The quantitative estimate of drug-likeness (QED) is 0.322. The Morgan fingerprint density at radius 2 is 1.81 bits per heavy atom. The van der Waals surface area contributed by atoms with E-state index in [0.29, 0.717) is 16.9 Å². The zero-order chi connectivity index (χ0) is 22.4. The van der Waals surface area contributed by atoms with Crippen LogP contribution in [-0.2, 0) is 9.53 Å². The fourth-order valence-corrected chi connectivity index (χ4v) is 2.70. The summed E-state index contributed by atoms with van der Waals surface area (Å²) in [4.78, 5) is 14.4. The van der Waals surface area contributed by atoms with Gasteiger partial charge in [-0.3, -0.25) is 0 Å². The van der Waals surface area contributed by atoms with Crippen LogP contribution >= 0.6 is 0 Å². The van der Waals surface area contributed by atoms with E-state index in [9.17, 15) is 10.1 Å². The number of rotatable bonds is 7. The Morgan fingerprint density at radius 1 is 1.13 bits per heavy atom. The first-order chi connectivity index (χ1) is 14.9. The second-order valence-electron chi connectivity index (χ2n) is 6.88. The predicted molar refractivity (Wildman–Crippen MR) is 115 cm³/mol. The first-order valence-corrected chi connectivity index (χ1v) is 9.49. The molecule has 0 saturated heterocycles. The van der Waals surface area contributed by atoms with E-state index < -0.39 is 12.1 Å². The molecule has 0 saturated carbocycles. The molecule has 2 aromatic carbocycles. The molecule has 1 aromatic heterocycles. The summed E-state index contributed by atoms with van der Waals surface area (Å²) in [6, 6.07) is 16.4. The fourth-order valence-electron chi connectivity index (χ4n) is 2.70.